The van der Waals surface area contributed by atoms with Crippen molar-refractivity contribution in [3.8, 4) is 5.75 Å². The van der Waals surface area contributed by atoms with Crippen molar-refractivity contribution in [2.75, 3.05) is 19.9 Å². The van der Waals surface area contributed by atoms with E-state index >= 15 is 0 Å². The van der Waals surface area contributed by atoms with Gasteiger partial charge in [0.05, 0.1) is 0 Å². The number of carbonyl (C=O) groups excluding carboxylic acids is 2. The second-order valence-electron chi connectivity index (χ2n) is 10.8. The average molecular weight is 601 g/mol. The van der Waals surface area contributed by atoms with Crippen LogP contribution in [0.3, 0.4) is 0 Å². The summed E-state index contributed by atoms with van der Waals surface area (Å²) in [5.74, 6) is 0.112. The van der Waals surface area contributed by atoms with Gasteiger partial charge in [0, 0.05) is 0 Å². The second kappa shape index (κ2) is 12.0. The summed E-state index contributed by atoms with van der Waals surface area (Å²) in [6, 6.07) is 43.8. The minimum atomic E-state index is -3.84. The van der Waals surface area contributed by atoms with Crippen molar-refractivity contribution < 1.29 is 24.0 Å². The second-order valence-corrected chi connectivity index (χ2v) is 15.3. The fourth-order valence-electron chi connectivity index (χ4n) is 6.17. The third kappa shape index (κ3) is 4.94. The molecule has 0 saturated carbocycles. The topological polar surface area (TPSA) is 72.8 Å². The Kier molecular flexibility index (Phi) is 8.01. The molecule has 0 saturated heterocycles. The average Bonchev–Trinajstić information content (AvgIpc) is 3.09. The number of hydrogen-bond donors (Lipinski definition) is 1. The standard InChI is InChI=1S/C38H33O5P/c1-42-38-35(36(39)33-20-11-12-21-34(33)37(38)40)28-22-24-29(25-23-28)43-26-13-27-44(41,30-14-5-2-6-15-30,31-16-7-3-8-17-31)32-18-9-4-10-19-32/h2-12,14-25,41H,13,26-27H2,1H3. The van der Waals surface area contributed by atoms with E-state index in [4.69, 9.17) is 9.47 Å². The minimum absolute atomic E-state index is 0.0411. The van der Waals surface area contributed by atoms with Crippen LogP contribution in [0.5, 0.6) is 5.75 Å². The number of Topliss-reactive ketones (excluding diaryl/α,β-unsaturated/α-hetero) is 2. The first-order valence-electron chi connectivity index (χ1n) is 14.6. The van der Waals surface area contributed by atoms with E-state index in [1.54, 1.807) is 48.5 Å². The Balaban J connectivity index is 1.25. The fraction of sp³-hybridized carbons (Fsp3) is 0.105. The number of methoxy groups -OCH3 is 1. The Morgan fingerprint density at radius 3 is 1.52 bits per heavy atom. The van der Waals surface area contributed by atoms with E-state index in [0.29, 0.717) is 41.6 Å². The molecule has 220 valence electrons. The van der Waals surface area contributed by atoms with E-state index in [2.05, 4.69) is 0 Å². The maximum atomic E-state index is 13.4. The molecule has 1 aliphatic rings. The molecule has 5 nitrogen and oxygen atoms in total. The van der Waals surface area contributed by atoms with Gasteiger partial charge in [-0.25, -0.2) is 0 Å². The van der Waals surface area contributed by atoms with E-state index in [-0.39, 0.29) is 22.9 Å². The summed E-state index contributed by atoms with van der Waals surface area (Å²) >= 11 is 0. The molecule has 0 amide bonds. The van der Waals surface area contributed by atoms with E-state index in [9.17, 15) is 14.5 Å². The Labute approximate surface area is 257 Å². The number of fused-ring (bicyclic) bond motifs is 1. The fourth-order valence-corrected chi connectivity index (χ4v) is 11.0. The van der Waals surface area contributed by atoms with Crippen molar-refractivity contribution in [3.05, 3.63) is 162 Å². The molecule has 0 aromatic heterocycles. The van der Waals surface area contributed by atoms with Gasteiger partial charge in [-0.3, -0.25) is 0 Å². The molecule has 6 heteroatoms. The molecule has 1 N–H and O–H groups in total. The molecular weight excluding hydrogens is 567 g/mol. The Hall–Kier alpha value is -4.83. The van der Waals surface area contributed by atoms with Gasteiger partial charge < -0.3 is 0 Å². The van der Waals surface area contributed by atoms with Crippen molar-refractivity contribution in [1.29, 1.82) is 0 Å². The molecule has 0 radical (unpaired) electrons. The van der Waals surface area contributed by atoms with E-state index in [1.165, 1.54) is 7.11 Å². The number of rotatable bonds is 10. The van der Waals surface area contributed by atoms with Crippen LogP contribution in [0, 0.1) is 0 Å². The SMILES string of the molecule is COC1=C(c2ccc(OCCCP(O)(c3ccccc3)(c3ccccc3)c3ccccc3)cc2)C(=O)c2ccccc2C1=O. The third-order valence-corrected chi connectivity index (χ3v) is 13.8. The van der Waals surface area contributed by atoms with Gasteiger partial charge in [-0.1, -0.05) is 18.2 Å². The van der Waals surface area contributed by atoms with Crippen LogP contribution in [0.2, 0.25) is 0 Å². The van der Waals surface area contributed by atoms with Gasteiger partial charge in [0.15, 0.2) is 0 Å². The molecule has 1 aliphatic carbocycles. The summed E-state index contributed by atoms with van der Waals surface area (Å²) in [5, 5.41) is 2.74. The number of ketones is 2. The van der Waals surface area contributed by atoms with Crippen molar-refractivity contribution in [2.24, 2.45) is 0 Å². The molecular formula is C38H33O5P. The molecule has 0 fully saturated rings. The van der Waals surface area contributed by atoms with Gasteiger partial charge >= 0.3 is 240 Å². The maximum absolute atomic E-state index is 13.4. The van der Waals surface area contributed by atoms with Crippen LogP contribution in [0.1, 0.15) is 32.7 Å². The zero-order valence-corrected chi connectivity index (χ0v) is 25.3. The van der Waals surface area contributed by atoms with E-state index in [0.717, 1.165) is 15.9 Å². The summed E-state index contributed by atoms with van der Waals surface area (Å²) in [6.45, 7) is -3.46. The van der Waals surface area contributed by atoms with Gasteiger partial charge in [-0.05, 0) is 0 Å². The first-order valence-corrected chi connectivity index (χ1v) is 17.0. The quantitative estimate of drug-likeness (QED) is 0.150. The van der Waals surface area contributed by atoms with Crippen molar-refractivity contribution in [2.45, 2.75) is 6.42 Å². The zero-order chi connectivity index (χ0) is 30.6. The molecule has 5 aromatic carbocycles. The van der Waals surface area contributed by atoms with Crippen LogP contribution < -0.4 is 20.7 Å². The van der Waals surface area contributed by atoms with Crippen LogP contribution in [0.25, 0.3) is 5.57 Å². The number of carbonyl (C=O) groups is 2. The van der Waals surface area contributed by atoms with Crippen molar-refractivity contribution in [3.63, 3.8) is 0 Å². The first-order chi connectivity index (χ1) is 21.4. The molecule has 6 rings (SSSR count). The van der Waals surface area contributed by atoms with Crippen LogP contribution in [-0.2, 0) is 4.74 Å². The monoisotopic (exact) mass is 600 g/mol. The summed E-state index contributed by atoms with van der Waals surface area (Å²) in [5.41, 5.74) is 1.54. The summed E-state index contributed by atoms with van der Waals surface area (Å²) in [6.07, 6.45) is 1.10. The Morgan fingerprint density at radius 2 is 1.05 bits per heavy atom. The van der Waals surface area contributed by atoms with E-state index < -0.39 is 6.83 Å². The molecule has 0 atom stereocenters. The number of ether oxygens (including phenoxy) is 2. The van der Waals surface area contributed by atoms with Gasteiger partial charge in [0.25, 0.3) is 0 Å². The van der Waals surface area contributed by atoms with Gasteiger partial charge in [-0.2, -0.15) is 0 Å². The van der Waals surface area contributed by atoms with Gasteiger partial charge in [-0.15, -0.1) is 0 Å². The van der Waals surface area contributed by atoms with Crippen LogP contribution in [-0.4, -0.2) is 36.3 Å². The number of allylic oxidation sites excluding steroid dienone is 2. The zero-order valence-electron chi connectivity index (χ0n) is 24.4. The molecule has 0 bridgehead atoms. The van der Waals surface area contributed by atoms with Gasteiger partial charge in [0.2, 0.25) is 0 Å². The Morgan fingerprint density at radius 1 is 0.591 bits per heavy atom. The molecule has 0 heterocycles. The third-order valence-electron chi connectivity index (χ3n) is 8.37. The first kappa shape index (κ1) is 29.3. The van der Waals surface area contributed by atoms with Crippen molar-refractivity contribution >= 4 is 39.9 Å². The predicted molar refractivity (Wildman–Crippen MR) is 178 cm³/mol. The number of benzene rings is 5. The van der Waals surface area contributed by atoms with Crippen LogP contribution in [0.15, 0.2) is 145 Å². The summed E-state index contributed by atoms with van der Waals surface area (Å²) in [7, 11) is 1.41. The molecule has 0 unspecified atom stereocenters. The molecule has 5 aromatic rings. The predicted octanol–water partition coefficient (Wildman–Crippen LogP) is 6.33. The van der Waals surface area contributed by atoms with Crippen LogP contribution in [0.4, 0.5) is 0 Å². The normalized spacial score (nSPS) is 14.0. The molecule has 0 spiro atoms. The van der Waals surface area contributed by atoms with Crippen molar-refractivity contribution in [1.82, 2.24) is 0 Å². The summed E-state index contributed by atoms with van der Waals surface area (Å²) in [4.78, 5) is 39.6. The number of hydrogen-bond acceptors (Lipinski definition) is 5. The Bertz CT molecular complexity index is 1730. The van der Waals surface area contributed by atoms with Gasteiger partial charge in [0.1, 0.15) is 0 Å². The summed E-state index contributed by atoms with van der Waals surface area (Å²) < 4.78 is 11.6. The molecule has 44 heavy (non-hydrogen) atoms. The van der Waals surface area contributed by atoms with Crippen LogP contribution >= 0.6 is 6.83 Å². The van der Waals surface area contributed by atoms with E-state index in [1.807, 2.05) is 91.0 Å². The molecule has 0 aliphatic heterocycles.